The number of ether oxygens (including phenoxy) is 4. The fourth-order valence-corrected chi connectivity index (χ4v) is 8.11. The molecule has 2 atom stereocenters. The number of carbonyl (C=O) groups is 1. The molecule has 0 N–H and O–H groups in total. The van der Waals surface area contributed by atoms with Crippen molar-refractivity contribution in [1.82, 2.24) is 29.5 Å². The van der Waals surface area contributed by atoms with E-state index in [4.69, 9.17) is 35.0 Å². The molecule has 2 unspecified atom stereocenters. The fraction of sp³-hybridized carbons (Fsp3) is 0.366. The average molecular weight is 875 g/mol. The first-order chi connectivity index (χ1) is 28.8. The minimum Gasteiger partial charge on any atom is -0.491 e. The summed E-state index contributed by atoms with van der Waals surface area (Å²) in [5.41, 5.74) is 1.49. The molecule has 60 heavy (non-hydrogen) atoms. The number of alkyl halides is 4. The van der Waals surface area contributed by atoms with Gasteiger partial charge in [0.05, 0.1) is 27.6 Å². The minimum atomic E-state index is -4.54. The smallest absolute Gasteiger partial charge is 0.408 e. The number of benzene rings is 2. The van der Waals surface area contributed by atoms with Crippen molar-refractivity contribution >= 4 is 39.1 Å². The van der Waals surface area contributed by atoms with E-state index in [-0.39, 0.29) is 40.6 Å². The van der Waals surface area contributed by atoms with Crippen LogP contribution in [0, 0.1) is 12.9 Å². The van der Waals surface area contributed by atoms with Gasteiger partial charge >= 0.3 is 12.1 Å². The number of fused-ring (bicyclic) bond motifs is 1. The molecular weight excluding hydrogens is 835 g/mol. The summed E-state index contributed by atoms with van der Waals surface area (Å²) >= 11 is 8.09. The number of rotatable bonds is 16. The topological polar surface area (TPSA) is 117 Å². The molecule has 1 fully saturated rings. The molecular formula is C41H40ClF5N6O6S. The van der Waals surface area contributed by atoms with Crippen LogP contribution >= 0.6 is 22.9 Å². The summed E-state index contributed by atoms with van der Waals surface area (Å²) < 4.78 is 100. The van der Waals surface area contributed by atoms with Crippen molar-refractivity contribution in [2.24, 2.45) is 0 Å². The lowest BCUT2D eigenvalue weighted by Crippen LogP contribution is -2.45. The van der Waals surface area contributed by atoms with E-state index < -0.39 is 43.6 Å². The van der Waals surface area contributed by atoms with Crippen molar-refractivity contribution in [1.29, 1.82) is 0 Å². The molecule has 7 rings (SSSR count). The van der Waals surface area contributed by atoms with Crippen molar-refractivity contribution in [3.8, 4) is 39.1 Å². The zero-order valence-electron chi connectivity index (χ0n) is 32.7. The summed E-state index contributed by atoms with van der Waals surface area (Å²) in [6, 6.07) is 12.5. The largest absolute Gasteiger partial charge is 0.491 e. The molecule has 1 saturated heterocycles. The molecule has 1 aliphatic rings. The Balaban J connectivity index is 1.23. The van der Waals surface area contributed by atoms with E-state index in [9.17, 15) is 22.4 Å². The van der Waals surface area contributed by atoms with Crippen LogP contribution < -0.4 is 14.2 Å². The Labute approximate surface area is 350 Å². The molecule has 19 heteroatoms. The molecule has 12 nitrogen and oxygen atoms in total. The second-order valence-corrected chi connectivity index (χ2v) is 15.3. The Morgan fingerprint density at radius 1 is 1.02 bits per heavy atom. The van der Waals surface area contributed by atoms with Crippen molar-refractivity contribution in [2.75, 3.05) is 53.0 Å². The molecule has 0 spiro atoms. The monoisotopic (exact) mass is 874 g/mol. The first-order valence-electron chi connectivity index (χ1n) is 18.9. The van der Waals surface area contributed by atoms with Crippen LogP contribution in [0.15, 0.2) is 71.5 Å². The minimum absolute atomic E-state index is 0.0649. The number of piperazine rings is 1. The Morgan fingerprint density at radius 3 is 2.53 bits per heavy atom. The molecule has 0 radical (unpaired) electrons. The molecule has 0 bridgehead atoms. The van der Waals surface area contributed by atoms with Crippen LogP contribution in [0.1, 0.15) is 29.9 Å². The maximum absolute atomic E-state index is 17.0. The van der Waals surface area contributed by atoms with Gasteiger partial charge in [-0.05, 0) is 56.3 Å². The number of aromatic nitrogens is 4. The van der Waals surface area contributed by atoms with Gasteiger partial charge in [0.2, 0.25) is 12.0 Å². The molecule has 0 aliphatic carbocycles. The highest BCUT2D eigenvalue weighted by molar-refractivity contribution is 7.22. The van der Waals surface area contributed by atoms with E-state index in [2.05, 4.69) is 31.9 Å². The lowest BCUT2D eigenvalue weighted by Gasteiger charge is -2.32. The number of esters is 1. The second-order valence-electron chi connectivity index (χ2n) is 13.9. The van der Waals surface area contributed by atoms with E-state index >= 15 is 4.39 Å². The molecule has 4 aromatic heterocycles. The summed E-state index contributed by atoms with van der Waals surface area (Å²) in [7, 11) is 2.09. The fourth-order valence-electron chi connectivity index (χ4n) is 6.78. The van der Waals surface area contributed by atoms with Gasteiger partial charge in [-0.3, -0.25) is 9.58 Å². The third kappa shape index (κ3) is 9.67. The number of carbonyl (C=O) groups excluding carboxylic acids is 1. The van der Waals surface area contributed by atoms with Crippen LogP contribution in [0.5, 0.6) is 17.4 Å². The number of hydrogen-bond donors (Lipinski definition) is 0. The highest BCUT2D eigenvalue weighted by Crippen LogP contribution is 2.50. The Kier molecular flexibility index (Phi) is 13.2. The summed E-state index contributed by atoms with van der Waals surface area (Å²) in [5, 5.41) is 4.30. The summed E-state index contributed by atoms with van der Waals surface area (Å²) in [5.74, 6) is -0.726. The number of hydrogen-bond acceptors (Lipinski definition) is 12. The molecule has 318 valence electrons. The van der Waals surface area contributed by atoms with Crippen LogP contribution in [0.25, 0.3) is 32.0 Å². The van der Waals surface area contributed by atoms with E-state index in [1.54, 1.807) is 32.0 Å². The lowest BCUT2D eigenvalue weighted by atomic mass is 9.97. The van der Waals surface area contributed by atoms with Gasteiger partial charge in [0, 0.05) is 56.1 Å². The Hall–Kier alpha value is -5.30. The van der Waals surface area contributed by atoms with Gasteiger partial charge in [-0.25, -0.2) is 19.2 Å². The standard InChI is InChI=1S/C41H40ClF5N6O6S/c1-4-55-40(54)36(35(44)27-7-5-6-8-28(27)57-21-25-13-14-50-53(25)22-41(45,46)47)59-38-33-32(37(30-11-12-31(43)58-30)60-39(33)49-23-48-38)26-9-10-29(34(42)24(26)2)56-20-19-52-17-15-51(3)16-18-52/h5-14,23,35-36H,4,15-22H2,1-3H3. The van der Waals surface area contributed by atoms with Crippen LogP contribution in [-0.4, -0.2) is 101 Å². The number of para-hydroxylation sites is 1. The van der Waals surface area contributed by atoms with Gasteiger partial charge in [-0.15, -0.1) is 11.3 Å². The third-order valence-electron chi connectivity index (χ3n) is 9.88. The number of furan rings is 1. The zero-order chi connectivity index (χ0) is 42.6. The molecule has 0 amide bonds. The Morgan fingerprint density at radius 2 is 1.80 bits per heavy atom. The van der Waals surface area contributed by atoms with Crippen LogP contribution in [0.3, 0.4) is 0 Å². The highest BCUT2D eigenvalue weighted by Gasteiger charge is 2.37. The summed E-state index contributed by atoms with van der Waals surface area (Å²) in [6.07, 6.45) is -6.38. The number of likely N-dealkylation sites (N-methyl/N-ethyl adjacent to an activating group) is 1. The van der Waals surface area contributed by atoms with Crippen molar-refractivity contribution < 1.29 is 50.1 Å². The molecule has 2 aromatic carbocycles. The van der Waals surface area contributed by atoms with Crippen LogP contribution in [-0.2, 0) is 22.7 Å². The van der Waals surface area contributed by atoms with Crippen molar-refractivity contribution in [3.63, 3.8) is 0 Å². The van der Waals surface area contributed by atoms with Gasteiger partial charge in [0.15, 0.2) is 6.17 Å². The molecule has 6 aromatic rings. The zero-order valence-corrected chi connectivity index (χ0v) is 34.3. The first kappa shape index (κ1) is 42.8. The van der Waals surface area contributed by atoms with E-state index in [0.717, 1.165) is 48.3 Å². The quantitative estimate of drug-likeness (QED) is 0.0687. The SMILES string of the molecule is CCOC(=O)C(Oc1ncnc2sc(-c3ccc(F)o3)c(-c3ccc(OCCN4CCN(C)CC4)c(Cl)c3C)c12)C(F)c1ccccc1OCc1ccnn1CC(F)(F)F. The maximum Gasteiger partial charge on any atom is 0.408 e. The Bertz CT molecular complexity index is 2430. The molecule has 1 aliphatic heterocycles. The van der Waals surface area contributed by atoms with Gasteiger partial charge in [-0.2, -0.15) is 22.7 Å². The van der Waals surface area contributed by atoms with Crippen LogP contribution in [0.2, 0.25) is 5.02 Å². The predicted molar refractivity (Wildman–Crippen MR) is 214 cm³/mol. The average Bonchev–Trinajstić information content (AvgIpc) is 3.96. The lowest BCUT2D eigenvalue weighted by molar-refractivity contribution is -0.155. The summed E-state index contributed by atoms with van der Waals surface area (Å²) in [6.45, 7) is 6.40. The van der Waals surface area contributed by atoms with Crippen molar-refractivity contribution in [2.45, 2.75) is 45.5 Å². The number of nitrogens with zero attached hydrogens (tertiary/aromatic N) is 6. The normalized spacial score (nSPS) is 14.9. The number of thiophene rings is 1. The van der Waals surface area contributed by atoms with E-state index in [1.165, 1.54) is 42.9 Å². The predicted octanol–water partition coefficient (Wildman–Crippen LogP) is 8.70. The van der Waals surface area contributed by atoms with Gasteiger partial charge in [-0.1, -0.05) is 35.9 Å². The maximum atomic E-state index is 17.0. The second kappa shape index (κ2) is 18.5. The van der Waals surface area contributed by atoms with Gasteiger partial charge < -0.3 is 28.3 Å². The first-order valence-corrected chi connectivity index (χ1v) is 20.1. The van der Waals surface area contributed by atoms with E-state index in [0.29, 0.717) is 50.3 Å². The van der Waals surface area contributed by atoms with Crippen molar-refractivity contribution in [3.05, 3.63) is 95.0 Å². The van der Waals surface area contributed by atoms with E-state index in [1.807, 2.05) is 0 Å². The van der Waals surface area contributed by atoms with Gasteiger partial charge in [0.1, 0.15) is 48.2 Å². The van der Waals surface area contributed by atoms with Gasteiger partial charge in [0.25, 0.3) is 6.01 Å². The highest BCUT2D eigenvalue weighted by atomic mass is 35.5. The molecule has 5 heterocycles. The number of halogens is 6. The summed E-state index contributed by atoms with van der Waals surface area (Å²) in [4.78, 5) is 27.7. The molecule has 0 saturated carbocycles. The van der Waals surface area contributed by atoms with Crippen LogP contribution in [0.4, 0.5) is 22.0 Å². The third-order valence-corrected chi connectivity index (χ3v) is 11.5.